The first kappa shape index (κ1) is 23.3. The van der Waals surface area contributed by atoms with Crippen LogP contribution in [0.3, 0.4) is 0 Å². The maximum absolute atomic E-state index is 5.94. The summed E-state index contributed by atoms with van der Waals surface area (Å²) >= 11 is 5.94. The molecule has 0 aliphatic carbocycles. The average Bonchev–Trinajstić information content (AvgIpc) is 2.94. The third kappa shape index (κ3) is 5.61. The predicted molar refractivity (Wildman–Crippen MR) is 148 cm³/mol. The SMILES string of the molecule is S=C(NC(c1ccccc1)c1ccccc1)N1CCN(C(c2ccccc2)c2ccccc2)CC1. The lowest BCUT2D eigenvalue weighted by Crippen LogP contribution is -2.53. The lowest BCUT2D eigenvalue weighted by atomic mass is 9.96. The largest absolute Gasteiger partial charge is 0.352 e. The fourth-order valence-electron chi connectivity index (χ4n) is 4.93. The molecule has 0 spiro atoms. The summed E-state index contributed by atoms with van der Waals surface area (Å²) < 4.78 is 0. The van der Waals surface area contributed by atoms with Crippen LogP contribution in [0.1, 0.15) is 34.3 Å². The Bertz CT molecular complexity index is 1110. The molecule has 1 fully saturated rings. The van der Waals surface area contributed by atoms with Crippen LogP contribution in [0.2, 0.25) is 0 Å². The van der Waals surface area contributed by atoms with Crippen LogP contribution >= 0.6 is 12.2 Å². The van der Waals surface area contributed by atoms with Crippen molar-refractivity contribution in [3.05, 3.63) is 144 Å². The Morgan fingerprint density at radius 3 is 1.31 bits per heavy atom. The van der Waals surface area contributed by atoms with Crippen LogP contribution in [0.25, 0.3) is 0 Å². The van der Waals surface area contributed by atoms with E-state index in [-0.39, 0.29) is 12.1 Å². The molecule has 0 aromatic heterocycles. The van der Waals surface area contributed by atoms with Crippen LogP contribution in [0.4, 0.5) is 0 Å². The highest BCUT2D eigenvalue weighted by Gasteiger charge is 2.28. The summed E-state index contributed by atoms with van der Waals surface area (Å²) in [5.74, 6) is 0. The van der Waals surface area contributed by atoms with E-state index in [9.17, 15) is 0 Å². The summed E-state index contributed by atoms with van der Waals surface area (Å²) in [6, 6.07) is 43.0. The predicted octanol–water partition coefficient (Wildman–Crippen LogP) is 6.06. The second kappa shape index (κ2) is 11.3. The van der Waals surface area contributed by atoms with Crippen molar-refractivity contribution < 1.29 is 0 Å². The van der Waals surface area contributed by atoms with Crippen molar-refractivity contribution in [2.24, 2.45) is 0 Å². The molecule has 5 rings (SSSR count). The topological polar surface area (TPSA) is 18.5 Å². The first-order valence-corrected chi connectivity index (χ1v) is 12.7. The summed E-state index contributed by atoms with van der Waals surface area (Å²) in [6.07, 6.45) is 0. The van der Waals surface area contributed by atoms with Gasteiger partial charge < -0.3 is 10.2 Å². The third-order valence-corrected chi connectivity index (χ3v) is 7.11. The van der Waals surface area contributed by atoms with E-state index >= 15 is 0 Å². The number of nitrogens with one attached hydrogen (secondary N) is 1. The van der Waals surface area contributed by atoms with Crippen molar-refractivity contribution in [2.45, 2.75) is 12.1 Å². The maximum Gasteiger partial charge on any atom is 0.169 e. The Kier molecular flexibility index (Phi) is 7.52. The molecule has 0 radical (unpaired) electrons. The third-order valence-electron chi connectivity index (χ3n) is 6.73. The highest BCUT2D eigenvalue weighted by atomic mass is 32.1. The van der Waals surface area contributed by atoms with Crippen molar-refractivity contribution >= 4 is 17.3 Å². The van der Waals surface area contributed by atoms with E-state index in [1.807, 2.05) is 0 Å². The highest BCUT2D eigenvalue weighted by Crippen LogP contribution is 2.30. The first-order chi connectivity index (χ1) is 17.3. The molecule has 0 bridgehead atoms. The zero-order chi connectivity index (χ0) is 23.9. The molecule has 1 N–H and O–H groups in total. The van der Waals surface area contributed by atoms with Gasteiger partial charge in [0.1, 0.15) is 0 Å². The molecule has 0 amide bonds. The van der Waals surface area contributed by atoms with Gasteiger partial charge in [0, 0.05) is 26.2 Å². The Balaban J connectivity index is 1.30. The van der Waals surface area contributed by atoms with Gasteiger partial charge >= 0.3 is 0 Å². The summed E-state index contributed by atoms with van der Waals surface area (Å²) in [6.45, 7) is 3.71. The van der Waals surface area contributed by atoms with Gasteiger partial charge in [-0.15, -0.1) is 0 Å². The van der Waals surface area contributed by atoms with Crippen molar-refractivity contribution in [2.75, 3.05) is 26.2 Å². The molecule has 0 atom stereocenters. The van der Waals surface area contributed by atoms with E-state index in [0.717, 1.165) is 31.3 Å². The van der Waals surface area contributed by atoms with E-state index < -0.39 is 0 Å². The van der Waals surface area contributed by atoms with E-state index in [1.165, 1.54) is 22.3 Å². The van der Waals surface area contributed by atoms with E-state index in [2.05, 4.69) is 136 Å². The molecular weight excluding hydrogens is 446 g/mol. The normalized spacial score (nSPS) is 14.3. The summed E-state index contributed by atoms with van der Waals surface area (Å²) in [5.41, 5.74) is 5.10. The van der Waals surface area contributed by atoms with Crippen LogP contribution in [0.5, 0.6) is 0 Å². The Hall–Kier alpha value is -3.47. The number of benzene rings is 4. The minimum atomic E-state index is 0.0318. The fourth-order valence-corrected chi connectivity index (χ4v) is 5.23. The maximum atomic E-state index is 5.94. The highest BCUT2D eigenvalue weighted by molar-refractivity contribution is 7.80. The summed E-state index contributed by atoms with van der Waals surface area (Å²) in [5, 5.41) is 4.48. The monoisotopic (exact) mass is 477 g/mol. The van der Waals surface area contributed by atoms with E-state index in [4.69, 9.17) is 12.2 Å². The van der Waals surface area contributed by atoms with Crippen LogP contribution in [0.15, 0.2) is 121 Å². The molecule has 4 aromatic rings. The van der Waals surface area contributed by atoms with Crippen molar-refractivity contribution in [3.8, 4) is 0 Å². The van der Waals surface area contributed by atoms with Crippen molar-refractivity contribution in [3.63, 3.8) is 0 Å². The van der Waals surface area contributed by atoms with Gasteiger partial charge in [-0.2, -0.15) is 0 Å². The van der Waals surface area contributed by atoms with Crippen LogP contribution < -0.4 is 5.32 Å². The standard InChI is InChI=1S/C31H31N3S/c35-31(32-29(25-13-5-1-6-14-25)26-15-7-2-8-16-26)34-23-21-33(22-24-34)30(27-17-9-3-10-18-27)28-19-11-4-12-20-28/h1-20,29-30H,21-24H2,(H,32,35). The smallest absolute Gasteiger partial charge is 0.169 e. The van der Waals surface area contributed by atoms with Crippen LogP contribution in [-0.2, 0) is 0 Å². The molecule has 1 saturated heterocycles. The van der Waals surface area contributed by atoms with Gasteiger partial charge in [-0.1, -0.05) is 121 Å². The molecule has 1 aliphatic heterocycles. The van der Waals surface area contributed by atoms with Gasteiger partial charge in [0.05, 0.1) is 12.1 Å². The summed E-state index contributed by atoms with van der Waals surface area (Å²) in [4.78, 5) is 4.90. The minimum Gasteiger partial charge on any atom is -0.352 e. The number of rotatable bonds is 6. The number of hydrogen-bond acceptors (Lipinski definition) is 2. The van der Waals surface area contributed by atoms with Crippen molar-refractivity contribution in [1.82, 2.24) is 15.1 Å². The molecule has 1 heterocycles. The molecule has 176 valence electrons. The van der Waals surface area contributed by atoms with Gasteiger partial charge in [0.15, 0.2) is 5.11 Å². The first-order valence-electron chi connectivity index (χ1n) is 12.3. The van der Waals surface area contributed by atoms with Crippen LogP contribution in [-0.4, -0.2) is 41.1 Å². The number of piperazine rings is 1. The lowest BCUT2D eigenvalue weighted by Gasteiger charge is -2.41. The lowest BCUT2D eigenvalue weighted by molar-refractivity contribution is 0.149. The molecule has 1 aliphatic rings. The van der Waals surface area contributed by atoms with Crippen LogP contribution in [0, 0.1) is 0 Å². The molecular formula is C31H31N3S. The van der Waals surface area contributed by atoms with Crippen molar-refractivity contribution in [1.29, 1.82) is 0 Å². The number of thiocarbonyl (C=S) groups is 1. The number of hydrogen-bond donors (Lipinski definition) is 1. The van der Waals surface area contributed by atoms with E-state index in [0.29, 0.717) is 0 Å². The van der Waals surface area contributed by atoms with Gasteiger partial charge in [-0.25, -0.2) is 0 Å². The Labute approximate surface area is 214 Å². The minimum absolute atomic E-state index is 0.0318. The van der Waals surface area contributed by atoms with Gasteiger partial charge in [-0.3, -0.25) is 4.90 Å². The molecule has 3 nitrogen and oxygen atoms in total. The average molecular weight is 478 g/mol. The molecule has 4 heteroatoms. The van der Waals surface area contributed by atoms with Gasteiger partial charge in [-0.05, 0) is 34.5 Å². The zero-order valence-electron chi connectivity index (χ0n) is 19.8. The second-order valence-electron chi connectivity index (χ2n) is 8.95. The molecule has 0 saturated carbocycles. The number of nitrogens with zero attached hydrogens (tertiary/aromatic N) is 2. The van der Waals surface area contributed by atoms with Gasteiger partial charge in [0.25, 0.3) is 0 Å². The fraction of sp³-hybridized carbons (Fsp3) is 0.194. The second-order valence-corrected chi connectivity index (χ2v) is 9.34. The molecule has 0 unspecified atom stereocenters. The Morgan fingerprint density at radius 2 is 0.914 bits per heavy atom. The quantitative estimate of drug-likeness (QED) is 0.340. The van der Waals surface area contributed by atoms with Gasteiger partial charge in [0.2, 0.25) is 0 Å². The Morgan fingerprint density at radius 1 is 0.543 bits per heavy atom. The molecule has 35 heavy (non-hydrogen) atoms. The zero-order valence-corrected chi connectivity index (χ0v) is 20.6. The summed E-state index contributed by atoms with van der Waals surface area (Å²) in [7, 11) is 0. The van der Waals surface area contributed by atoms with E-state index in [1.54, 1.807) is 0 Å². The molecule has 4 aromatic carbocycles.